The van der Waals surface area contributed by atoms with Crippen molar-refractivity contribution in [2.45, 2.75) is 70.9 Å². The Bertz CT molecular complexity index is 2560. The van der Waals surface area contributed by atoms with E-state index in [1.54, 1.807) is 12.1 Å². The number of benzene rings is 1. The summed E-state index contributed by atoms with van der Waals surface area (Å²) >= 11 is 6.47. The summed E-state index contributed by atoms with van der Waals surface area (Å²) in [5, 5.41) is 14.6. The number of carbonyl (C=O) groups excluding carboxylic acids is 1. The second-order valence-corrected chi connectivity index (χ2v) is 17.0. The van der Waals surface area contributed by atoms with Crippen molar-refractivity contribution in [1.82, 2.24) is 34.7 Å². The maximum atomic E-state index is 15.6. The molecule has 1 fully saturated rings. The summed E-state index contributed by atoms with van der Waals surface area (Å²) in [6.07, 6.45) is -2.15. The molecule has 11 nitrogen and oxygen atoms in total. The highest BCUT2D eigenvalue weighted by molar-refractivity contribution is 7.92. The molecule has 0 bridgehead atoms. The Labute approximate surface area is 321 Å². The summed E-state index contributed by atoms with van der Waals surface area (Å²) in [4.78, 5) is 18.7. The van der Waals surface area contributed by atoms with Crippen LogP contribution in [0.1, 0.15) is 85.9 Å². The molecule has 1 amide bonds. The molecule has 1 aromatic carbocycles. The van der Waals surface area contributed by atoms with E-state index in [1.165, 1.54) is 16.5 Å². The number of anilines is 1. The van der Waals surface area contributed by atoms with Crippen LogP contribution in [0.3, 0.4) is 0 Å². The predicted molar refractivity (Wildman–Crippen MR) is 194 cm³/mol. The molecule has 0 unspecified atom stereocenters. The lowest BCUT2D eigenvalue weighted by atomic mass is 9.73. The molecule has 2 aliphatic rings. The van der Waals surface area contributed by atoms with Gasteiger partial charge in [-0.15, -0.1) is 10.2 Å². The van der Waals surface area contributed by atoms with Gasteiger partial charge in [-0.1, -0.05) is 17.5 Å². The van der Waals surface area contributed by atoms with Gasteiger partial charge in [0, 0.05) is 34.1 Å². The number of halogens is 7. The molecule has 19 heteroatoms. The molecule has 3 atom stereocenters. The van der Waals surface area contributed by atoms with E-state index < -0.39 is 81.1 Å². The highest BCUT2D eigenvalue weighted by atomic mass is 35.5. The lowest BCUT2D eigenvalue weighted by Gasteiger charge is -2.34. The number of rotatable bonds is 10. The van der Waals surface area contributed by atoms with Crippen molar-refractivity contribution in [3.05, 3.63) is 93.2 Å². The van der Waals surface area contributed by atoms with Crippen LogP contribution in [-0.2, 0) is 33.7 Å². The lowest BCUT2D eigenvalue weighted by molar-refractivity contribution is -0.123. The Morgan fingerprint density at radius 3 is 2.36 bits per heavy atom. The number of carbonyl (C=O) groups is 1. The van der Waals surface area contributed by atoms with Crippen molar-refractivity contribution < 1.29 is 39.6 Å². The molecule has 294 valence electrons. The van der Waals surface area contributed by atoms with Crippen molar-refractivity contribution >= 4 is 39.1 Å². The van der Waals surface area contributed by atoms with Crippen LogP contribution in [0.5, 0.6) is 0 Å². The summed E-state index contributed by atoms with van der Waals surface area (Å²) in [5.41, 5.74) is -1.31. The van der Waals surface area contributed by atoms with Gasteiger partial charge in [-0.25, -0.2) is 35.4 Å². The van der Waals surface area contributed by atoms with Gasteiger partial charge in [0.2, 0.25) is 21.9 Å². The summed E-state index contributed by atoms with van der Waals surface area (Å²) < 4.78 is 117. The zero-order valence-corrected chi connectivity index (χ0v) is 31.7. The first-order chi connectivity index (χ1) is 26.2. The third-order valence-corrected chi connectivity index (χ3v) is 10.4. The minimum atomic E-state index is -3.84. The molecular formula is C37H33ClF6N8O3S. The standard InChI is InChI=1S/C37H33ClF6N8O3S/c1-36(2,3)12-11-21-5-6-22(23-8-10-27(38)52-34(23)47-48-35(52)50-56(4,54)55)30(45-21)26(15-18-13-19(39)16-20(40)14-18)46-28(53)17-51-32-29(31(49-51)33(41)42)24-7-9-25(24)37(32,43)44/h5-6,8,10,13-14,16,24-26,33H,7,9,15,17H2,1-4H3,(H,46,53)(H,48,50)/t24-,25+,26-/m0/s1. The van der Waals surface area contributed by atoms with Crippen molar-refractivity contribution in [2.75, 3.05) is 11.0 Å². The number of aromatic nitrogens is 6. The number of nitrogens with one attached hydrogen (secondary N) is 2. The molecule has 2 aliphatic carbocycles. The number of alkyl halides is 4. The smallest absolute Gasteiger partial charge is 0.293 e. The van der Waals surface area contributed by atoms with Crippen LogP contribution in [0.4, 0.5) is 32.3 Å². The fraction of sp³-hybridized carbons (Fsp3) is 0.378. The predicted octanol–water partition coefficient (Wildman–Crippen LogP) is 7.33. The molecule has 2 N–H and O–H groups in total. The van der Waals surface area contributed by atoms with Gasteiger partial charge in [0.1, 0.15) is 40.4 Å². The highest BCUT2D eigenvalue weighted by Crippen LogP contribution is 2.63. The molecule has 0 spiro atoms. The number of hydrogen-bond acceptors (Lipinski definition) is 7. The lowest BCUT2D eigenvalue weighted by Crippen LogP contribution is -2.36. The Kier molecular flexibility index (Phi) is 9.84. The SMILES string of the molecule is CC(C)(C)C#Cc1ccc(-c2ccc(Cl)n3c(NS(C)(=O)=O)nnc23)c([C@H](Cc2cc(F)cc(F)c2)NC(=O)Cn2nc(C(F)F)c3c2C(F)(F)[C@@H]2CC[C@H]32)n1. The maximum Gasteiger partial charge on any atom is 0.293 e. The van der Waals surface area contributed by atoms with Crippen LogP contribution in [-0.4, -0.2) is 49.9 Å². The highest BCUT2D eigenvalue weighted by Gasteiger charge is 2.62. The second-order valence-electron chi connectivity index (χ2n) is 14.9. The summed E-state index contributed by atoms with van der Waals surface area (Å²) in [7, 11) is -3.84. The van der Waals surface area contributed by atoms with Gasteiger partial charge in [-0.2, -0.15) is 13.9 Å². The Morgan fingerprint density at radius 1 is 1.04 bits per heavy atom. The number of nitrogens with zero attached hydrogens (tertiary/aromatic N) is 6. The summed E-state index contributed by atoms with van der Waals surface area (Å²) in [6, 6.07) is 7.59. The second kappa shape index (κ2) is 14.1. The van der Waals surface area contributed by atoms with Crippen molar-refractivity contribution in [3.8, 4) is 23.0 Å². The van der Waals surface area contributed by atoms with Crippen molar-refractivity contribution in [1.29, 1.82) is 0 Å². The van der Waals surface area contributed by atoms with E-state index in [9.17, 15) is 30.8 Å². The van der Waals surface area contributed by atoms with Crippen LogP contribution in [0.2, 0.25) is 5.15 Å². The largest absolute Gasteiger partial charge is 0.346 e. The van der Waals surface area contributed by atoms with E-state index in [0.717, 1.165) is 18.4 Å². The van der Waals surface area contributed by atoms with Gasteiger partial charge < -0.3 is 5.32 Å². The van der Waals surface area contributed by atoms with Crippen LogP contribution in [0.15, 0.2) is 42.5 Å². The van der Waals surface area contributed by atoms with Gasteiger partial charge in [0.05, 0.1) is 18.0 Å². The van der Waals surface area contributed by atoms with Crippen molar-refractivity contribution in [3.63, 3.8) is 0 Å². The number of sulfonamides is 1. The van der Waals surface area contributed by atoms with E-state index in [2.05, 4.69) is 37.2 Å². The Hall–Kier alpha value is -5.15. The van der Waals surface area contributed by atoms with Gasteiger partial charge in [0.15, 0.2) is 5.65 Å². The average Bonchev–Trinajstić information content (AvgIpc) is 3.68. The van der Waals surface area contributed by atoms with Crippen molar-refractivity contribution in [2.24, 2.45) is 11.3 Å². The molecule has 4 aromatic heterocycles. The minimum Gasteiger partial charge on any atom is -0.346 e. The van der Waals surface area contributed by atoms with Crippen LogP contribution >= 0.6 is 11.6 Å². The van der Waals surface area contributed by atoms with E-state index in [1.807, 2.05) is 20.8 Å². The average molecular weight is 819 g/mol. The molecule has 1 saturated carbocycles. The number of pyridine rings is 2. The van der Waals surface area contributed by atoms with E-state index in [4.69, 9.17) is 16.6 Å². The van der Waals surface area contributed by atoms with Gasteiger partial charge in [-0.3, -0.25) is 14.2 Å². The zero-order chi connectivity index (χ0) is 40.5. The molecule has 0 radical (unpaired) electrons. The number of hydrogen-bond donors (Lipinski definition) is 2. The normalized spacial score (nSPS) is 17.9. The first-order valence-corrected chi connectivity index (χ1v) is 19.5. The first-order valence-electron chi connectivity index (χ1n) is 17.3. The Morgan fingerprint density at radius 2 is 1.73 bits per heavy atom. The molecule has 5 aromatic rings. The molecule has 7 rings (SSSR count). The molecule has 0 saturated heterocycles. The van der Waals surface area contributed by atoms with Crippen LogP contribution in [0, 0.1) is 34.8 Å². The third-order valence-electron chi connectivity index (χ3n) is 9.53. The Balaban J connectivity index is 1.37. The van der Waals surface area contributed by atoms with Crippen LogP contribution in [0.25, 0.3) is 16.8 Å². The molecule has 0 aliphatic heterocycles. The summed E-state index contributed by atoms with van der Waals surface area (Å²) in [6.45, 7) is 4.71. The minimum absolute atomic E-state index is 0.0160. The van der Waals surface area contributed by atoms with Gasteiger partial charge in [0.25, 0.3) is 12.3 Å². The quantitative estimate of drug-likeness (QED) is 0.0857. The summed E-state index contributed by atoms with van der Waals surface area (Å²) in [5.74, 6) is -2.46. The van der Waals surface area contributed by atoms with Gasteiger partial charge in [-0.05, 0) is 93.8 Å². The van der Waals surface area contributed by atoms with Gasteiger partial charge >= 0.3 is 0 Å². The fourth-order valence-corrected chi connectivity index (χ4v) is 7.88. The van der Waals surface area contributed by atoms with Crippen LogP contribution < -0.4 is 10.0 Å². The van der Waals surface area contributed by atoms with E-state index >= 15 is 8.78 Å². The molecular weight excluding hydrogens is 786 g/mol. The topological polar surface area (TPSA) is 136 Å². The molecule has 4 heterocycles. The van der Waals surface area contributed by atoms with E-state index in [-0.39, 0.29) is 69.7 Å². The first kappa shape index (κ1) is 39.1. The maximum absolute atomic E-state index is 15.6. The number of fused-ring (bicyclic) bond motifs is 4. The fourth-order valence-electron chi connectivity index (χ4n) is 7.19. The molecule has 56 heavy (non-hydrogen) atoms. The third kappa shape index (κ3) is 7.53. The monoisotopic (exact) mass is 818 g/mol. The zero-order valence-electron chi connectivity index (χ0n) is 30.1. The van der Waals surface area contributed by atoms with E-state index in [0.29, 0.717) is 10.7 Å². The number of amides is 1.